The first-order valence-electron chi connectivity index (χ1n) is 8.43. The zero-order chi connectivity index (χ0) is 18.2. The lowest BCUT2D eigenvalue weighted by atomic mass is 10.1. The highest BCUT2D eigenvalue weighted by molar-refractivity contribution is 7.80. The summed E-state index contributed by atoms with van der Waals surface area (Å²) in [5, 5.41) is 6.68. The Morgan fingerprint density at radius 3 is 2.32 bits per heavy atom. The molecule has 2 aromatic carbocycles. The highest BCUT2D eigenvalue weighted by Gasteiger charge is 2.05. The van der Waals surface area contributed by atoms with E-state index in [2.05, 4.69) is 48.7 Å². The van der Waals surface area contributed by atoms with Crippen molar-refractivity contribution in [3.8, 4) is 0 Å². The molecule has 0 atom stereocenters. The average molecular weight is 381 g/mol. The Bertz CT molecular complexity index is 702. The van der Waals surface area contributed by atoms with E-state index in [1.165, 1.54) is 17.7 Å². The van der Waals surface area contributed by atoms with Crippen LogP contribution in [0, 0.1) is 5.82 Å². The van der Waals surface area contributed by atoms with Crippen LogP contribution in [0.4, 0.5) is 10.1 Å². The molecule has 6 heteroatoms. The summed E-state index contributed by atoms with van der Waals surface area (Å²) in [6.45, 7) is 8.35. The first kappa shape index (κ1) is 19.6. The monoisotopic (exact) mass is 380 g/mol. The van der Waals surface area contributed by atoms with Crippen molar-refractivity contribution in [2.45, 2.75) is 26.9 Å². The van der Waals surface area contributed by atoms with Gasteiger partial charge in [-0.15, -0.1) is 0 Å². The quantitative estimate of drug-likeness (QED) is 0.643. The molecule has 0 amide bonds. The maximum atomic E-state index is 13.2. The lowest BCUT2D eigenvalue weighted by molar-refractivity contribution is -0.910. The molecule has 0 unspecified atom stereocenters. The Morgan fingerprint density at radius 1 is 1.08 bits per heavy atom. The predicted octanol–water partition coefficient (Wildman–Crippen LogP) is 3.39. The summed E-state index contributed by atoms with van der Waals surface area (Å²) < 4.78 is 13.2. The van der Waals surface area contributed by atoms with E-state index in [-0.39, 0.29) is 5.02 Å². The first-order valence-corrected chi connectivity index (χ1v) is 9.21. The number of anilines is 1. The van der Waals surface area contributed by atoms with Crippen LogP contribution in [0.3, 0.4) is 0 Å². The molecule has 0 saturated heterocycles. The molecule has 0 spiro atoms. The number of hydrogen-bond acceptors (Lipinski definition) is 1. The van der Waals surface area contributed by atoms with E-state index in [1.807, 2.05) is 0 Å². The molecule has 0 aromatic heterocycles. The van der Waals surface area contributed by atoms with Crippen LogP contribution < -0.4 is 15.5 Å². The molecule has 0 fully saturated rings. The van der Waals surface area contributed by atoms with Gasteiger partial charge in [0, 0.05) is 17.8 Å². The second-order valence-electron chi connectivity index (χ2n) is 5.89. The minimum atomic E-state index is -0.447. The van der Waals surface area contributed by atoms with Gasteiger partial charge in [-0.25, -0.2) is 4.39 Å². The Balaban J connectivity index is 1.84. The SMILES string of the molecule is CC[NH+](CC)Cc1ccc(CNC(=S)Nc2ccc(F)c(Cl)c2)cc1. The Labute approximate surface area is 159 Å². The van der Waals surface area contributed by atoms with E-state index in [0.29, 0.717) is 17.3 Å². The molecule has 0 radical (unpaired) electrons. The summed E-state index contributed by atoms with van der Waals surface area (Å²) in [5.41, 5.74) is 3.14. The fourth-order valence-corrected chi connectivity index (χ4v) is 2.87. The lowest BCUT2D eigenvalue weighted by Gasteiger charge is -2.15. The van der Waals surface area contributed by atoms with Crippen molar-refractivity contribution in [1.82, 2.24) is 5.32 Å². The zero-order valence-electron chi connectivity index (χ0n) is 14.5. The predicted molar refractivity (Wildman–Crippen MR) is 107 cm³/mol. The van der Waals surface area contributed by atoms with E-state index >= 15 is 0 Å². The largest absolute Gasteiger partial charge is 0.358 e. The summed E-state index contributed by atoms with van der Waals surface area (Å²) in [6, 6.07) is 13.0. The van der Waals surface area contributed by atoms with E-state index in [4.69, 9.17) is 23.8 Å². The minimum absolute atomic E-state index is 0.0683. The second kappa shape index (κ2) is 9.70. The second-order valence-corrected chi connectivity index (χ2v) is 6.70. The smallest absolute Gasteiger partial charge is 0.171 e. The van der Waals surface area contributed by atoms with Gasteiger partial charge in [0.05, 0.1) is 18.1 Å². The van der Waals surface area contributed by atoms with Crippen molar-refractivity contribution in [2.24, 2.45) is 0 Å². The molecule has 0 bridgehead atoms. The third kappa shape index (κ3) is 6.27. The standard InChI is InChI=1S/C19H23ClFN3S/c1-3-24(4-2)13-15-7-5-14(6-8-15)12-22-19(25)23-16-9-10-18(21)17(20)11-16/h5-11H,3-4,12-13H2,1-2H3,(H2,22,23,25)/p+1. The van der Waals surface area contributed by atoms with Crippen LogP contribution in [0.2, 0.25) is 5.02 Å². The number of hydrogen-bond donors (Lipinski definition) is 3. The molecule has 0 heterocycles. The molecule has 0 aliphatic rings. The topological polar surface area (TPSA) is 28.5 Å². The van der Waals surface area contributed by atoms with Crippen LogP contribution in [0.5, 0.6) is 0 Å². The fourth-order valence-electron chi connectivity index (χ4n) is 2.50. The van der Waals surface area contributed by atoms with Gasteiger partial charge in [0.25, 0.3) is 0 Å². The van der Waals surface area contributed by atoms with E-state index < -0.39 is 5.82 Å². The van der Waals surface area contributed by atoms with E-state index in [0.717, 1.165) is 25.2 Å². The van der Waals surface area contributed by atoms with Crippen molar-refractivity contribution >= 4 is 34.6 Å². The molecule has 3 N–H and O–H groups in total. The normalized spacial score (nSPS) is 10.8. The molecule has 0 saturated carbocycles. The van der Waals surface area contributed by atoms with Gasteiger partial charge in [-0.05, 0) is 49.8 Å². The van der Waals surface area contributed by atoms with Crippen LogP contribution >= 0.6 is 23.8 Å². The molecule has 0 aliphatic carbocycles. The van der Waals surface area contributed by atoms with Gasteiger partial charge in [0.1, 0.15) is 12.4 Å². The van der Waals surface area contributed by atoms with Crippen molar-refractivity contribution in [3.63, 3.8) is 0 Å². The Kier molecular flexibility index (Phi) is 7.62. The fraction of sp³-hybridized carbons (Fsp3) is 0.316. The maximum absolute atomic E-state index is 13.2. The minimum Gasteiger partial charge on any atom is -0.358 e. The molecule has 2 aromatic rings. The number of thiocarbonyl (C=S) groups is 1. The highest BCUT2D eigenvalue weighted by Crippen LogP contribution is 2.19. The van der Waals surface area contributed by atoms with Gasteiger partial charge in [-0.3, -0.25) is 0 Å². The summed E-state index contributed by atoms with van der Waals surface area (Å²) in [7, 11) is 0. The average Bonchev–Trinajstić information content (AvgIpc) is 2.62. The Hall–Kier alpha value is -1.69. The van der Waals surface area contributed by atoms with Gasteiger partial charge in [0.15, 0.2) is 5.11 Å². The van der Waals surface area contributed by atoms with Gasteiger partial charge in [0.2, 0.25) is 0 Å². The van der Waals surface area contributed by atoms with E-state index in [1.54, 1.807) is 11.0 Å². The first-order chi connectivity index (χ1) is 12.0. The number of rotatable bonds is 7. The molecular weight excluding hydrogens is 357 g/mol. The van der Waals surface area contributed by atoms with Crippen LogP contribution in [-0.2, 0) is 13.1 Å². The maximum Gasteiger partial charge on any atom is 0.171 e. The number of nitrogens with one attached hydrogen (secondary N) is 3. The van der Waals surface area contributed by atoms with Gasteiger partial charge >= 0.3 is 0 Å². The lowest BCUT2D eigenvalue weighted by Crippen LogP contribution is -3.10. The van der Waals surface area contributed by atoms with Crippen LogP contribution in [0.1, 0.15) is 25.0 Å². The molecule has 2 rings (SSSR count). The number of benzene rings is 2. The summed E-state index contributed by atoms with van der Waals surface area (Å²) in [5.74, 6) is -0.447. The third-order valence-corrected chi connectivity index (χ3v) is 4.64. The van der Waals surface area contributed by atoms with Crippen molar-refractivity contribution < 1.29 is 9.29 Å². The third-order valence-electron chi connectivity index (χ3n) is 4.11. The molecule has 0 aliphatic heterocycles. The summed E-state index contributed by atoms with van der Waals surface area (Å²) in [4.78, 5) is 1.56. The van der Waals surface area contributed by atoms with Crippen LogP contribution in [0.25, 0.3) is 0 Å². The molecule has 25 heavy (non-hydrogen) atoms. The molecule has 3 nitrogen and oxygen atoms in total. The molecule has 134 valence electrons. The molecular formula is C19H24ClFN3S+. The van der Waals surface area contributed by atoms with Gasteiger partial charge in [-0.1, -0.05) is 35.9 Å². The van der Waals surface area contributed by atoms with Crippen LogP contribution in [-0.4, -0.2) is 18.2 Å². The van der Waals surface area contributed by atoms with Crippen molar-refractivity contribution in [1.29, 1.82) is 0 Å². The highest BCUT2D eigenvalue weighted by atomic mass is 35.5. The van der Waals surface area contributed by atoms with Crippen LogP contribution in [0.15, 0.2) is 42.5 Å². The van der Waals surface area contributed by atoms with Gasteiger partial charge in [-0.2, -0.15) is 0 Å². The number of halogens is 2. The summed E-state index contributed by atoms with van der Waals surface area (Å²) in [6.07, 6.45) is 0. The zero-order valence-corrected chi connectivity index (χ0v) is 16.1. The summed E-state index contributed by atoms with van der Waals surface area (Å²) >= 11 is 11.0. The van der Waals surface area contributed by atoms with Crippen molar-refractivity contribution in [3.05, 3.63) is 64.4 Å². The Morgan fingerprint density at radius 2 is 1.72 bits per heavy atom. The van der Waals surface area contributed by atoms with Gasteiger partial charge < -0.3 is 15.5 Å². The van der Waals surface area contributed by atoms with E-state index in [9.17, 15) is 4.39 Å². The number of quaternary nitrogens is 1. The van der Waals surface area contributed by atoms with Crippen molar-refractivity contribution in [2.75, 3.05) is 18.4 Å².